The number of urea groups is 1. The maximum Gasteiger partial charge on any atom is 0.325 e. The van der Waals surface area contributed by atoms with Gasteiger partial charge in [0.1, 0.15) is 12.1 Å². The maximum atomic E-state index is 13.0. The fourth-order valence-electron chi connectivity index (χ4n) is 3.65. The van der Waals surface area contributed by atoms with E-state index in [2.05, 4.69) is 10.6 Å². The lowest BCUT2D eigenvalue weighted by molar-refractivity contribution is -0.133. The SMILES string of the molecule is CCc1cccc(CC)c1NC(=O)CN1C(=O)NC(C)(c2ccc(C)cc2)C1=O. The van der Waals surface area contributed by atoms with E-state index in [4.69, 9.17) is 0 Å². The predicted molar refractivity (Wildman–Crippen MR) is 113 cm³/mol. The smallest absolute Gasteiger partial charge is 0.324 e. The zero-order valence-electron chi connectivity index (χ0n) is 17.3. The Bertz CT molecular complexity index is 930. The molecule has 6 nitrogen and oxygen atoms in total. The molecular formula is C23H27N3O3. The minimum absolute atomic E-state index is 0.326. The monoisotopic (exact) mass is 393 g/mol. The molecule has 1 heterocycles. The Hall–Kier alpha value is -3.15. The molecule has 0 bridgehead atoms. The Morgan fingerprint density at radius 3 is 2.17 bits per heavy atom. The van der Waals surface area contributed by atoms with Crippen molar-refractivity contribution >= 4 is 23.5 Å². The topological polar surface area (TPSA) is 78.5 Å². The minimum atomic E-state index is -1.18. The van der Waals surface area contributed by atoms with Crippen LogP contribution < -0.4 is 10.6 Å². The van der Waals surface area contributed by atoms with Crippen LogP contribution in [-0.2, 0) is 28.0 Å². The molecule has 0 aromatic heterocycles. The highest BCUT2D eigenvalue weighted by Crippen LogP contribution is 2.29. The molecule has 0 spiro atoms. The highest BCUT2D eigenvalue weighted by atomic mass is 16.2. The number of anilines is 1. The molecule has 2 N–H and O–H groups in total. The summed E-state index contributed by atoms with van der Waals surface area (Å²) in [5, 5.41) is 5.65. The Morgan fingerprint density at radius 2 is 1.62 bits per heavy atom. The molecule has 4 amide bonds. The fraction of sp³-hybridized carbons (Fsp3) is 0.348. The molecule has 0 radical (unpaired) electrons. The van der Waals surface area contributed by atoms with E-state index < -0.39 is 23.4 Å². The van der Waals surface area contributed by atoms with E-state index in [1.54, 1.807) is 6.92 Å². The summed E-state index contributed by atoms with van der Waals surface area (Å²) in [4.78, 5) is 39.2. The molecule has 0 aliphatic carbocycles. The van der Waals surface area contributed by atoms with Crippen molar-refractivity contribution in [2.75, 3.05) is 11.9 Å². The van der Waals surface area contributed by atoms with Crippen molar-refractivity contribution in [3.8, 4) is 0 Å². The molecule has 1 aliphatic rings. The quantitative estimate of drug-likeness (QED) is 0.737. The van der Waals surface area contributed by atoms with Crippen molar-refractivity contribution in [2.45, 2.75) is 46.1 Å². The van der Waals surface area contributed by atoms with Crippen molar-refractivity contribution in [2.24, 2.45) is 0 Å². The van der Waals surface area contributed by atoms with E-state index in [9.17, 15) is 14.4 Å². The first-order valence-corrected chi connectivity index (χ1v) is 9.92. The summed E-state index contributed by atoms with van der Waals surface area (Å²) in [6, 6.07) is 12.8. The molecule has 0 saturated carbocycles. The van der Waals surface area contributed by atoms with Gasteiger partial charge in [0.25, 0.3) is 5.91 Å². The normalized spacial score (nSPS) is 18.7. The predicted octanol–water partition coefficient (Wildman–Crippen LogP) is 3.53. The molecule has 1 fully saturated rings. The van der Waals surface area contributed by atoms with Crippen molar-refractivity contribution in [3.63, 3.8) is 0 Å². The van der Waals surface area contributed by atoms with E-state index in [0.717, 1.165) is 40.1 Å². The first kappa shape index (κ1) is 20.6. The Morgan fingerprint density at radius 1 is 1.03 bits per heavy atom. The maximum absolute atomic E-state index is 13.0. The lowest BCUT2D eigenvalue weighted by Crippen LogP contribution is -2.42. The van der Waals surface area contributed by atoms with Gasteiger partial charge in [-0.15, -0.1) is 0 Å². The molecule has 3 rings (SSSR count). The number of para-hydroxylation sites is 1. The summed E-state index contributed by atoms with van der Waals surface area (Å²) in [5.41, 5.74) is 3.40. The van der Waals surface area contributed by atoms with Crippen molar-refractivity contribution < 1.29 is 14.4 Å². The summed E-state index contributed by atoms with van der Waals surface area (Å²) < 4.78 is 0. The van der Waals surface area contributed by atoms with Crippen LogP contribution in [-0.4, -0.2) is 29.3 Å². The van der Waals surface area contributed by atoms with Crippen LogP contribution in [0.4, 0.5) is 10.5 Å². The van der Waals surface area contributed by atoms with E-state index in [1.165, 1.54) is 0 Å². The minimum Gasteiger partial charge on any atom is -0.324 e. The molecule has 1 unspecified atom stereocenters. The second-order valence-corrected chi connectivity index (χ2v) is 7.52. The molecular weight excluding hydrogens is 366 g/mol. The second-order valence-electron chi connectivity index (χ2n) is 7.52. The van der Waals surface area contributed by atoms with Crippen LogP contribution in [0.15, 0.2) is 42.5 Å². The molecule has 1 saturated heterocycles. The summed E-state index contributed by atoms with van der Waals surface area (Å²) in [5.74, 6) is -0.821. The lowest BCUT2D eigenvalue weighted by atomic mass is 9.91. The molecule has 2 aromatic carbocycles. The molecule has 2 aromatic rings. The van der Waals surface area contributed by atoms with Crippen LogP contribution in [0.1, 0.15) is 43.0 Å². The van der Waals surface area contributed by atoms with Gasteiger partial charge >= 0.3 is 6.03 Å². The number of rotatable bonds is 6. The third kappa shape index (κ3) is 3.88. The Balaban J connectivity index is 1.79. The van der Waals surface area contributed by atoms with E-state index in [-0.39, 0.29) is 6.54 Å². The number of imide groups is 1. The fourth-order valence-corrected chi connectivity index (χ4v) is 3.65. The van der Waals surface area contributed by atoms with Gasteiger partial charge in [-0.25, -0.2) is 4.79 Å². The average Bonchev–Trinajstić information content (AvgIpc) is 2.92. The number of carbonyl (C=O) groups excluding carboxylic acids is 3. The number of benzene rings is 2. The van der Waals surface area contributed by atoms with E-state index in [0.29, 0.717) is 5.56 Å². The first-order chi connectivity index (χ1) is 13.8. The van der Waals surface area contributed by atoms with Gasteiger partial charge < -0.3 is 10.6 Å². The van der Waals surface area contributed by atoms with Crippen LogP contribution in [0.25, 0.3) is 0 Å². The standard InChI is InChI=1S/C23H27N3O3/c1-5-16-8-7-9-17(6-2)20(16)24-19(27)14-26-21(28)23(4,25-22(26)29)18-12-10-15(3)11-13-18/h7-13H,5-6,14H2,1-4H3,(H,24,27)(H,25,29). The number of nitrogens with zero attached hydrogens (tertiary/aromatic N) is 1. The molecule has 29 heavy (non-hydrogen) atoms. The highest BCUT2D eigenvalue weighted by molar-refractivity contribution is 6.10. The third-order valence-corrected chi connectivity index (χ3v) is 5.47. The van der Waals surface area contributed by atoms with E-state index in [1.807, 2.05) is 63.2 Å². The van der Waals surface area contributed by atoms with Crippen LogP contribution in [0.2, 0.25) is 0 Å². The summed E-state index contributed by atoms with van der Waals surface area (Å²) >= 11 is 0. The third-order valence-electron chi connectivity index (χ3n) is 5.47. The van der Waals surface area contributed by atoms with Crippen molar-refractivity contribution in [1.29, 1.82) is 0 Å². The number of hydrogen-bond acceptors (Lipinski definition) is 3. The van der Waals surface area contributed by atoms with Crippen LogP contribution in [0, 0.1) is 6.92 Å². The van der Waals surface area contributed by atoms with Gasteiger partial charge in [-0.1, -0.05) is 61.9 Å². The number of aryl methyl sites for hydroxylation is 3. The summed E-state index contributed by atoms with van der Waals surface area (Å²) in [6.45, 7) is 7.34. The van der Waals surface area contributed by atoms with Gasteiger partial charge in [-0.2, -0.15) is 0 Å². The van der Waals surface area contributed by atoms with Gasteiger partial charge in [-0.3, -0.25) is 14.5 Å². The van der Waals surface area contributed by atoms with Crippen LogP contribution >= 0.6 is 0 Å². The van der Waals surface area contributed by atoms with Gasteiger partial charge in [-0.05, 0) is 43.4 Å². The lowest BCUT2D eigenvalue weighted by Gasteiger charge is -2.22. The number of carbonyl (C=O) groups is 3. The van der Waals surface area contributed by atoms with Crippen molar-refractivity contribution in [1.82, 2.24) is 10.2 Å². The van der Waals surface area contributed by atoms with E-state index >= 15 is 0 Å². The highest BCUT2D eigenvalue weighted by Gasteiger charge is 2.49. The van der Waals surface area contributed by atoms with Gasteiger partial charge in [0, 0.05) is 5.69 Å². The molecule has 6 heteroatoms. The van der Waals surface area contributed by atoms with Gasteiger partial charge in [0.2, 0.25) is 5.91 Å². The molecule has 1 aliphatic heterocycles. The van der Waals surface area contributed by atoms with Crippen LogP contribution in [0.5, 0.6) is 0 Å². The van der Waals surface area contributed by atoms with Gasteiger partial charge in [0.15, 0.2) is 0 Å². The van der Waals surface area contributed by atoms with Crippen LogP contribution in [0.3, 0.4) is 0 Å². The van der Waals surface area contributed by atoms with Crippen molar-refractivity contribution in [3.05, 3.63) is 64.7 Å². The average molecular weight is 393 g/mol. The zero-order chi connectivity index (χ0) is 21.2. The molecule has 1 atom stereocenters. The summed E-state index contributed by atoms with van der Waals surface area (Å²) in [7, 11) is 0. The molecule has 152 valence electrons. The number of amides is 4. The summed E-state index contributed by atoms with van der Waals surface area (Å²) in [6.07, 6.45) is 1.55. The number of nitrogens with one attached hydrogen (secondary N) is 2. The second kappa shape index (κ2) is 8.07. The zero-order valence-corrected chi connectivity index (χ0v) is 17.3. The Kier molecular flexibility index (Phi) is 5.73. The largest absolute Gasteiger partial charge is 0.325 e. The number of hydrogen-bond donors (Lipinski definition) is 2. The van der Waals surface area contributed by atoms with Gasteiger partial charge in [0.05, 0.1) is 0 Å². The first-order valence-electron chi connectivity index (χ1n) is 9.92. The Labute approximate surface area is 171 Å².